The highest BCUT2D eigenvalue weighted by Gasteiger charge is 2.22. The summed E-state index contributed by atoms with van der Waals surface area (Å²) >= 11 is 0. The van der Waals surface area contributed by atoms with Crippen molar-refractivity contribution in [1.82, 2.24) is 9.97 Å². The number of para-hydroxylation sites is 1. The van der Waals surface area contributed by atoms with Crippen molar-refractivity contribution in [1.29, 1.82) is 0 Å². The molecule has 1 aromatic heterocycles. The van der Waals surface area contributed by atoms with Crippen molar-refractivity contribution < 1.29 is 4.79 Å². The molecular weight excluding hydrogens is 242 g/mol. The number of aromatic nitrogens is 2. The number of hydrogen-bond acceptors (Lipinski definition) is 5. The van der Waals surface area contributed by atoms with Gasteiger partial charge in [-0.1, -0.05) is 12.1 Å². The third kappa shape index (κ3) is 3.09. The quantitative estimate of drug-likeness (QED) is 0.766. The average Bonchev–Trinajstić information content (AvgIpc) is 2.26. The van der Waals surface area contributed by atoms with Crippen LogP contribution >= 0.6 is 0 Å². The van der Waals surface area contributed by atoms with Crippen LogP contribution in [0.25, 0.3) is 10.9 Å². The number of nitrogens with one attached hydrogen (secondary N) is 1. The van der Waals surface area contributed by atoms with Crippen LogP contribution in [0.4, 0.5) is 11.8 Å². The maximum absolute atomic E-state index is 11.1. The molecule has 0 radical (unpaired) electrons. The number of primary amides is 1. The minimum absolute atomic E-state index is 0.191. The van der Waals surface area contributed by atoms with Gasteiger partial charge in [0.2, 0.25) is 11.9 Å². The molecule has 1 heterocycles. The molecule has 0 atom stereocenters. The van der Waals surface area contributed by atoms with Crippen LogP contribution in [-0.4, -0.2) is 21.4 Å². The van der Waals surface area contributed by atoms with E-state index in [0.717, 1.165) is 10.9 Å². The van der Waals surface area contributed by atoms with E-state index < -0.39 is 5.54 Å². The second-order valence-electron chi connectivity index (χ2n) is 5.10. The number of carbonyl (C=O) groups excluding carboxylic acids is 1. The molecular formula is C13H17N5O. The van der Waals surface area contributed by atoms with E-state index in [1.807, 2.05) is 38.1 Å². The predicted molar refractivity (Wildman–Crippen MR) is 75.5 cm³/mol. The second-order valence-corrected chi connectivity index (χ2v) is 5.10. The summed E-state index contributed by atoms with van der Waals surface area (Å²) in [6, 6.07) is 7.54. The smallest absolute Gasteiger partial charge is 0.222 e. The van der Waals surface area contributed by atoms with Crippen LogP contribution in [0.15, 0.2) is 24.3 Å². The van der Waals surface area contributed by atoms with E-state index in [-0.39, 0.29) is 18.3 Å². The summed E-state index contributed by atoms with van der Waals surface area (Å²) in [6.07, 6.45) is 0.200. The first kappa shape index (κ1) is 13.1. The highest BCUT2D eigenvalue weighted by Crippen LogP contribution is 2.24. The minimum atomic E-state index is -0.505. The molecule has 0 aliphatic rings. The van der Waals surface area contributed by atoms with Gasteiger partial charge >= 0.3 is 0 Å². The Balaban J connectivity index is 2.42. The number of nitrogen functional groups attached to an aromatic ring is 1. The maximum Gasteiger partial charge on any atom is 0.222 e. The van der Waals surface area contributed by atoms with E-state index in [9.17, 15) is 4.79 Å². The number of fused-ring (bicyclic) bond motifs is 1. The van der Waals surface area contributed by atoms with Crippen LogP contribution in [0, 0.1) is 0 Å². The van der Waals surface area contributed by atoms with Gasteiger partial charge in [0.05, 0.1) is 5.52 Å². The second kappa shape index (κ2) is 4.72. The Morgan fingerprint density at radius 1 is 1.32 bits per heavy atom. The van der Waals surface area contributed by atoms with E-state index in [1.165, 1.54) is 0 Å². The van der Waals surface area contributed by atoms with Gasteiger partial charge in [-0.15, -0.1) is 0 Å². The van der Waals surface area contributed by atoms with E-state index in [0.29, 0.717) is 5.82 Å². The normalized spacial score (nSPS) is 11.5. The van der Waals surface area contributed by atoms with Gasteiger partial charge in [-0.2, -0.15) is 4.98 Å². The summed E-state index contributed by atoms with van der Waals surface area (Å²) in [5.41, 5.74) is 11.2. The molecule has 0 aliphatic heterocycles. The average molecular weight is 259 g/mol. The number of carbonyl (C=O) groups is 1. The van der Waals surface area contributed by atoms with Gasteiger partial charge in [0, 0.05) is 17.3 Å². The van der Waals surface area contributed by atoms with Crippen molar-refractivity contribution in [3.63, 3.8) is 0 Å². The molecule has 19 heavy (non-hydrogen) atoms. The summed E-state index contributed by atoms with van der Waals surface area (Å²) < 4.78 is 0. The Kier molecular flexibility index (Phi) is 3.25. The van der Waals surface area contributed by atoms with Gasteiger partial charge in [0.1, 0.15) is 5.82 Å². The van der Waals surface area contributed by atoms with Crippen molar-refractivity contribution >= 4 is 28.6 Å². The molecule has 0 aliphatic carbocycles. The first-order valence-electron chi connectivity index (χ1n) is 5.96. The van der Waals surface area contributed by atoms with Crippen molar-refractivity contribution in [2.24, 2.45) is 5.73 Å². The van der Waals surface area contributed by atoms with Crippen molar-refractivity contribution in [2.75, 3.05) is 11.1 Å². The highest BCUT2D eigenvalue weighted by molar-refractivity contribution is 5.90. The Morgan fingerprint density at radius 2 is 2.00 bits per heavy atom. The molecule has 0 saturated carbocycles. The fourth-order valence-corrected chi connectivity index (χ4v) is 1.99. The molecule has 0 fully saturated rings. The molecule has 100 valence electrons. The molecule has 0 bridgehead atoms. The lowest BCUT2D eigenvalue weighted by molar-refractivity contribution is -0.118. The van der Waals surface area contributed by atoms with Gasteiger partial charge in [-0.05, 0) is 26.0 Å². The van der Waals surface area contributed by atoms with Crippen LogP contribution in [-0.2, 0) is 4.79 Å². The fourth-order valence-electron chi connectivity index (χ4n) is 1.99. The zero-order valence-corrected chi connectivity index (χ0v) is 11.0. The monoisotopic (exact) mass is 259 g/mol. The third-order valence-electron chi connectivity index (χ3n) is 2.69. The first-order valence-corrected chi connectivity index (χ1v) is 5.96. The van der Waals surface area contributed by atoms with E-state index in [1.54, 1.807) is 0 Å². The molecule has 5 N–H and O–H groups in total. The molecule has 0 unspecified atom stereocenters. The largest absolute Gasteiger partial charge is 0.370 e. The summed E-state index contributed by atoms with van der Waals surface area (Å²) in [5.74, 6) is 0.425. The number of nitrogens with zero attached hydrogens (tertiary/aromatic N) is 2. The maximum atomic E-state index is 11.1. The van der Waals surface area contributed by atoms with Crippen molar-refractivity contribution in [2.45, 2.75) is 25.8 Å². The zero-order chi connectivity index (χ0) is 14.0. The zero-order valence-electron chi connectivity index (χ0n) is 11.0. The topological polar surface area (TPSA) is 107 Å². The summed E-state index contributed by atoms with van der Waals surface area (Å²) in [5, 5.41) is 4.06. The standard InChI is InChI=1S/C13H17N5O/c1-13(2,7-10(14)19)18-11-8-5-3-4-6-9(8)16-12(15)17-11/h3-6H,7H2,1-2H3,(H2,14,19)(H3,15,16,17,18). The lowest BCUT2D eigenvalue weighted by Crippen LogP contribution is -2.36. The van der Waals surface area contributed by atoms with Gasteiger partial charge < -0.3 is 16.8 Å². The lowest BCUT2D eigenvalue weighted by Gasteiger charge is -2.26. The van der Waals surface area contributed by atoms with E-state index in [4.69, 9.17) is 11.5 Å². The molecule has 1 amide bonds. The minimum Gasteiger partial charge on any atom is -0.370 e. The SMILES string of the molecule is CC(C)(CC(N)=O)Nc1nc(N)nc2ccccc12. The number of amides is 1. The molecule has 2 rings (SSSR count). The van der Waals surface area contributed by atoms with Crippen LogP contribution in [0.2, 0.25) is 0 Å². The van der Waals surface area contributed by atoms with Crippen molar-refractivity contribution in [3.05, 3.63) is 24.3 Å². The highest BCUT2D eigenvalue weighted by atomic mass is 16.1. The van der Waals surface area contributed by atoms with Crippen LogP contribution in [0.5, 0.6) is 0 Å². The summed E-state index contributed by atoms with van der Waals surface area (Å²) in [7, 11) is 0. The van der Waals surface area contributed by atoms with Gasteiger partial charge in [0.15, 0.2) is 0 Å². The van der Waals surface area contributed by atoms with Crippen LogP contribution in [0.3, 0.4) is 0 Å². The molecule has 6 nitrogen and oxygen atoms in total. The Hall–Kier alpha value is -2.37. The lowest BCUT2D eigenvalue weighted by atomic mass is 10.00. The molecule has 2 aromatic rings. The van der Waals surface area contributed by atoms with Gasteiger partial charge in [-0.3, -0.25) is 4.79 Å². The number of benzene rings is 1. The number of anilines is 2. The summed E-state index contributed by atoms with van der Waals surface area (Å²) in [6.45, 7) is 3.76. The number of nitrogens with two attached hydrogens (primary N) is 2. The Labute approximate surface area is 111 Å². The molecule has 6 heteroatoms. The number of rotatable bonds is 4. The fraction of sp³-hybridized carbons (Fsp3) is 0.308. The first-order chi connectivity index (χ1) is 8.87. The number of hydrogen-bond donors (Lipinski definition) is 3. The van der Waals surface area contributed by atoms with Crippen LogP contribution in [0.1, 0.15) is 20.3 Å². The van der Waals surface area contributed by atoms with Crippen LogP contribution < -0.4 is 16.8 Å². The third-order valence-corrected chi connectivity index (χ3v) is 2.69. The summed E-state index contributed by atoms with van der Waals surface area (Å²) in [4.78, 5) is 19.4. The molecule has 0 spiro atoms. The molecule has 0 saturated heterocycles. The van der Waals surface area contributed by atoms with Crippen molar-refractivity contribution in [3.8, 4) is 0 Å². The van der Waals surface area contributed by atoms with Gasteiger partial charge in [-0.25, -0.2) is 4.98 Å². The van der Waals surface area contributed by atoms with Gasteiger partial charge in [0.25, 0.3) is 0 Å². The Morgan fingerprint density at radius 3 is 2.68 bits per heavy atom. The predicted octanol–water partition coefficient (Wildman–Crippen LogP) is 1.28. The molecule has 1 aromatic carbocycles. The Bertz CT molecular complexity index is 623. The van der Waals surface area contributed by atoms with E-state index >= 15 is 0 Å². The van der Waals surface area contributed by atoms with E-state index in [2.05, 4.69) is 15.3 Å².